The van der Waals surface area contributed by atoms with Gasteiger partial charge in [0.15, 0.2) is 0 Å². The Morgan fingerprint density at radius 1 is 0.667 bits per heavy atom. The van der Waals surface area contributed by atoms with Gasteiger partial charge in [0, 0.05) is 0 Å². The Kier molecular flexibility index (Phi) is 13.1. The van der Waals surface area contributed by atoms with Crippen LogP contribution in [0.1, 0.15) is 12.8 Å². The van der Waals surface area contributed by atoms with Crippen molar-refractivity contribution in [2.45, 2.75) is 33.7 Å². The normalized spacial score (nSPS) is 12.5. The van der Waals surface area contributed by atoms with E-state index in [4.69, 9.17) is 11.5 Å². The van der Waals surface area contributed by atoms with Gasteiger partial charge in [-0.2, -0.15) is 0 Å². The van der Waals surface area contributed by atoms with Crippen LogP contribution in [-0.2, 0) is 0 Å². The van der Waals surface area contributed by atoms with Gasteiger partial charge in [-0.3, -0.25) is 0 Å². The molecule has 0 fully saturated rings. The van der Waals surface area contributed by atoms with Gasteiger partial charge in [0.05, 0.1) is 0 Å². The first kappa shape index (κ1) is 13.0. The number of hydrogen-bond donors (Lipinski definition) is 2. The third-order valence-electron chi connectivity index (χ3n) is 1.59. The second-order valence-electron chi connectivity index (χ2n) is 2.78. The Morgan fingerprint density at radius 3 is 1.42 bits per heavy atom. The van der Waals surface area contributed by atoms with Crippen LogP contribution in [0.3, 0.4) is 0 Å². The molecule has 0 heterocycles. The fraction of sp³-hybridized carbons (Fsp3) is 1.00. The first-order valence-electron chi connectivity index (χ1n) is 4.73. The van der Waals surface area contributed by atoms with Gasteiger partial charge in [-0.05, 0) is 0 Å². The zero-order valence-corrected chi connectivity index (χ0v) is 12.0. The minimum absolute atomic E-state index is 0.397. The van der Waals surface area contributed by atoms with Crippen LogP contribution in [0, 0.1) is 0 Å². The molecule has 0 rings (SSSR count). The SMILES string of the molecule is NCCC[AsH]CC[AsH]CCCN. The Labute approximate surface area is 89.6 Å². The molecule has 0 bridgehead atoms. The van der Waals surface area contributed by atoms with E-state index in [1.54, 1.807) is 10.4 Å². The van der Waals surface area contributed by atoms with E-state index in [-0.39, 0.29) is 0 Å². The third kappa shape index (κ3) is 11.0. The van der Waals surface area contributed by atoms with Gasteiger partial charge in [-0.25, -0.2) is 0 Å². The third-order valence-corrected chi connectivity index (χ3v) is 9.29. The summed E-state index contributed by atoms with van der Waals surface area (Å²) in [6.45, 7) is 1.79. The van der Waals surface area contributed by atoms with Crippen molar-refractivity contribution in [2.24, 2.45) is 11.5 Å². The fourth-order valence-corrected chi connectivity index (χ4v) is 8.43. The second-order valence-corrected chi connectivity index (χ2v) is 9.08. The molecule has 0 spiro atoms. The molecule has 74 valence electrons. The molecule has 0 aromatic heterocycles. The molecule has 0 saturated heterocycles. The average Bonchev–Trinajstić information content (AvgIpc) is 2.10. The van der Waals surface area contributed by atoms with E-state index < -0.39 is 0 Å². The first-order chi connectivity index (χ1) is 5.91. The van der Waals surface area contributed by atoms with Crippen LogP contribution in [0.2, 0.25) is 20.8 Å². The monoisotopic (exact) mass is 296 g/mol. The topological polar surface area (TPSA) is 52.0 Å². The summed E-state index contributed by atoms with van der Waals surface area (Å²) in [6.07, 6.45) is 2.53. The van der Waals surface area contributed by atoms with Crippen LogP contribution in [0.5, 0.6) is 0 Å². The van der Waals surface area contributed by atoms with Crippen molar-refractivity contribution in [3.8, 4) is 0 Å². The molecule has 4 N–H and O–H groups in total. The van der Waals surface area contributed by atoms with Crippen LogP contribution in [-0.4, -0.2) is 44.6 Å². The maximum atomic E-state index is 5.42. The standard InChI is InChI=1S/C8H22As2N2/c11-7-1-3-9-5-6-10-4-2-8-12/h9-10H,1-8,11-12H2. The minimum atomic E-state index is 0.397. The first-order valence-corrected chi connectivity index (χ1v) is 10.7. The van der Waals surface area contributed by atoms with Crippen molar-refractivity contribution < 1.29 is 0 Å². The van der Waals surface area contributed by atoms with E-state index in [1.165, 1.54) is 23.3 Å². The fourth-order valence-electron chi connectivity index (χ4n) is 0.881. The second kappa shape index (κ2) is 12.0. The number of nitrogens with two attached hydrogens (primary N) is 2. The van der Waals surface area contributed by atoms with Gasteiger partial charge in [0.25, 0.3) is 0 Å². The predicted molar refractivity (Wildman–Crippen MR) is 60.9 cm³/mol. The molecule has 0 saturated carbocycles. The molecule has 0 aliphatic rings. The van der Waals surface area contributed by atoms with Crippen molar-refractivity contribution in [2.75, 3.05) is 13.1 Å². The molecular formula is C8H22As2N2. The molecule has 0 aliphatic carbocycles. The van der Waals surface area contributed by atoms with Crippen LogP contribution >= 0.6 is 0 Å². The molecule has 2 unspecified atom stereocenters. The van der Waals surface area contributed by atoms with Crippen molar-refractivity contribution in [3.05, 3.63) is 0 Å². The van der Waals surface area contributed by atoms with Crippen LogP contribution in [0.4, 0.5) is 0 Å². The molecule has 0 aromatic rings. The Bertz CT molecular complexity index is 71.5. The van der Waals surface area contributed by atoms with Gasteiger partial charge in [-0.15, -0.1) is 0 Å². The van der Waals surface area contributed by atoms with Crippen LogP contribution in [0.15, 0.2) is 0 Å². The van der Waals surface area contributed by atoms with E-state index in [1.807, 2.05) is 0 Å². The zero-order chi connectivity index (χ0) is 9.07. The van der Waals surface area contributed by atoms with Crippen molar-refractivity contribution in [1.82, 2.24) is 0 Å². The van der Waals surface area contributed by atoms with Crippen LogP contribution in [0.25, 0.3) is 0 Å². The van der Waals surface area contributed by atoms with Crippen molar-refractivity contribution in [1.29, 1.82) is 0 Å². The summed E-state index contributed by atoms with van der Waals surface area (Å²) in [5.41, 5.74) is 10.8. The van der Waals surface area contributed by atoms with Crippen LogP contribution < -0.4 is 11.5 Å². The molecule has 0 aromatic carbocycles. The van der Waals surface area contributed by atoms with Gasteiger partial charge >= 0.3 is 89.7 Å². The number of rotatable bonds is 9. The maximum absolute atomic E-state index is 5.42. The van der Waals surface area contributed by atoms with E-state index in [2.05, 4.69) is 0 Å². The number of hydrogen-bond acceptors (Lipinski definition) is 2. The molecule has 0 aliphatic heterocycles. The Hall–Kier alpha value is 1.04. The average molecular weight is 296 g/mol. The van der Waals surface area contributed by atoms with Gasteiger partial charge in [0.1, 0.15) is 0 Å². The Morgan fingerprint density at radius 2 is 1.08 bits per heavy atom. The molecular weight excluding hydrogens is 274 g/mol. The Balaban J connectivity index is 2.73. The molecule has 2 nitrogen and oxygen atoms in total. The van der Waals surface area contributed by atoms with Gasteiger partial charge in [0.2, 0.25) is 0 Å². The molecule has 2 atom stereocenters. The van der Waals surface area contributed by atoms with Gasteiger partial charge in [-0.1, -0.05) is 0 Å². The summed E-state index contributed by atoms with van der Waals surface area (Å²) in [4.78, 5) is 0. The van der Waals surface area contributed by atoms with E-state index >= 15 is 0 Å². The van der Waals surface area contributed by atoms with E-state index in [0.717, 1.165) is 13.1 Å². The summed E-state index contributed by atoms with van der Waals surface area (Å²) in [7, 11) is 0. The predicted octanol–water partition coefficient (Wildman–Crippen LogP) is 0.230. The van der Waals surface area contributed by atoms with Crippen molar-refractivity contribution >= 4 is 31.5 Å². The summed E-state index contributed by atoms with van der Waals surface area (Å²) < 4.78 is 0. The van der Waals surface area contributed by atoms with Gasteiger partial charge < -0.3 is 0 Å². The van der Waals surface area contributed by atoms with E-state index in [9.17, 15) is 0 Å². The zero-order valence-electron chi connectivity index (χ0n) is 7.81. The summed E-state index contributed by atoms with van der Waals surface area (Å²) >= 11 is 0.793. The molecule has 4 heteroatoms. The summed E-state index contributed by atoms with van der Waals surface area (Å²) in [6, 6.07) is 0. The quantitative estimate of drug-likeness (QED) is 0.473. The molecule has 12 heavy (non-hydrogen) atoms. The molecule has 0 radical (unpaired) electrons. The molecule has 0 amide bonds. The van der Waals surface area contributed by atoms with Crippen molar-refractivity contribution in [3.63, 3.8) is 0 Å². The van der Waals surface area contributed by atoms with E-state index in [0.29, 0.717) is 31.5 Å². The summed E-state index contributed by atoms with van der Waals surface area (Å²) in [5.74, 6) is 0. The summed E-state index contributed by atoms with van der Waals surface area (Å²) in [5, 5.41) is 6.04.